The average molecular weight is 258 g/mol. The summed E-state index contributed by atoms with van der Waals surface area (Å²) in [6, 6.07) is 1.12. The third kappa shape index (κ3) is 4.19. The van der Waals surface area contributed by atoms with Crippen LogP contribution in [0.3, 0.4) is 0 Å². The highest BCUT2D eigenvalue weighted by atomic mass is 35.5. The van der Waals surface area contributed by atoms with Crippen molar-refractivity contribution in [3.8, 4) is 0 Å². The van der Waals surface area contributed by atoms with Gasteiger partial charge in [0.2, 0.25) is 0 Å². The molecule has 6 heteroatoms. The lowest BCUT2D eigenvalue weighted by Gasteiger charge is -2.20. The van der Waals surface area contributed by atoms with Gasteiger partial charge in [0.15, 0.2) is 0 Å². The summed E-state index contributed by atoms with van der Waals surface area (Å²) in [7, 11) is 0. The van der Waals surface area contributed by atoms with Gasteiger partial charge in [-0.1, -0.05) is 25.4 Å². The molecule has 0 saturated carbocycles. The minimum Gasteiger partial charge on any atom is -0.464 e. The summed E-state index contributed by atoms with van der Waals surface area (Å²) in [5.41, 5.74) is 0. The van der Waals surface area contributed by atoms with E-state index in [2.05, 4.69) is 15.3 Å². The maximum Gasteiger partial charge on any atom is 0.328 e. The lowest BCUT2D eigenvalue weighted by molar-refractivity contribution is -0.145. The number of nitrogens with one attached hydrogen (secondary N) is 1. The molecule has 1 atom stereocenters. The fourth-order valence-electron chi connectivity index (χ4n) is 1.30. The van der Waals surface area contributed by atoms with E-state index in [0.29, 0.717) is 17.6 Å². The number of anilines is 1. The summed E-state index contributed by atoms with van der Waals surface area (Å²) in [6.45, 7) is 5.99. The molecule has 0 aliphatic heterocycles. The van der Waals surface area contributed by atoms with Crippen LogP contribution in [0.15, 0.2) is 12.4 Å². The smallest absolute Gasteiger partial charge is 0.328 e. The van der Waals surface area contributed by atoms with E-state index in [1.807, 2.05) is 13.8 Å². The quantitative estimate of drug-likeness (QED) is 0.647. The van der Waals surface area contributed by atoms with Crippen molar-refractivity contribution in [1.82, 2.24) is 9.97 Å². The highest BCUT2D eigenvalue weighted by Gasteiger charge is 2.23. The standard InChI is InChI=1S/C11H16ClN3O2/c1-4-17-11(16)10(7(2)3)15-9-5-8(12)13-6-14-9/h5-7,10H,4H2,1-3H3,(H,13,14,15)/t10-/m0/s1. The van der Waals surface area contributed by atoms with Crippen molar-refractivity contribution in [2.45, 2.75) is 26.8 Å². The van der Waals surface area contributed by atoms with Crippen LogP contribution < -0.4 is 5.32 Å². The Morgan fingerprint density at radius 3 is 2.76 bits per heavy atom. The highest BCUT2D eigenvalue weighted by Crippen LogP contribution is 2.14. The second kappa shape index (κ2) is 6.39. The van der Waals surface area contributed by atoms with E-state index in [-0.39, 0.29) is 11.9 Å². The van der Waals surface area contributed by atoms with Gasteiger partial charge in [0.1, 0.15) is 23.3 Å². The summed E-state index contributed by atoms with van der Waals surface area (Å²) < 4.78 is 4.99. The maximum absolute atomic E-state index is 11.7. The van der Waals surface area contributed by atoms with Crippen LogP contribution in [0.5, 0.6) is 0 Å². The molecule has 1 rings (SSSR count). The zero-order valence-corrected chi connectivity index (χ0v) is 10.9. The number of hydrogen-bond donors (Lipinski definition) is 1. The zero-order valence-electron chi connectivity index (χ0n) is 10.1. The van der Waals surface area contributed by atoms with E-state index in [4.69, 9.17) is 16.3 Å². The number of hydrogen-bond acceptors (Lipinski definition) is 5. The summed E-state index contributed by atoms with van der Waals surface area (Å²) in [4.78, 5) is 19.5. The average Bonchev–Trinajstić information content (AvgIpc) is 2.26. The van der Waals surface area contributed by atoms with Crippen LogP contribution in [0.25, 0.3) is 0 Å². The molecule has 17 heavy (non-hydrogen) atoms. The minimum absolute atomic E-state index is 0.0859. The van der Waals surface area contributed by atoms with Crippen LogP contribution in [0.4, 0.5) is 5.82 Å². The molecule has 0 aliphatic rings. The van der Waals surface area contributed by atoms with Crippen LogP contribution in [-0.4, -0.2) is 28.6 Å². The number of esters is 1. The summed E-state index contributed by atoms with van der Waals surface area (Å²) >= 11 is 5.74. The second-order valence-corrected chi connectivity index (χ2v) is 4.23. The van der Waals surface area contributed by atoms with Crippen LogP contribution in [0, 0.1) is 5.92 Å². The Morgan fingerprint density at radius 2 is 2.24 bits per heavy atom. The number of rotatable bonds is 5. The van der Waals surface area contributed by atoms with Crippen molar-refractivity contribution in [2.24, 2.45) is 5.92 Å². The van der Waals surface area contributed by atoms with Gasteiger partial charge < -0.3 is 10.1 Å². The van der Waals surface area contributed by atoms with Gasteiger partial charge in [0.05, 0.1) is 6.61 Å². The third-order valence-corrected chi connectivity index (χ3v) is 2.35. The maximum atomic E-state index is 11.7. The number of aromatic nitrogens is 2. The van der Waals surface area contributed by atoms with Gasteiger partial charge in [0.25, 0.3) is 0 Å². The molecular formula is C11H16ClN3O2. The summed E-state index contributed by atoms with van der Waals surface area (Å²) in [5, 5.41) is 3.32. The van der Waals surface area contributed by atoms with Gasteiger partial charge in [0, 0.05) is 6.07 Å². The van der Waals surface area contributed by atoms with E-state index >= 15 is 0 Å². The Hall–Kier alpha value is -1.36. The lowest BCUT2D eigenvalue weighted by Crippen LogP contribution is -2.36. The first-order chi connectivity index (χ1) is 8.04. The van der Waals surface area contributed by atoms with Crippen LogP contribution in [0.2, 0.25) is 5.15 Å². The minimum atomic E-state index is -0.444. The topological polar surface area (TPSA) is 64.1 Å². The third-order valence-electron chi connectivity index (χ3n) is 2.14. The van der Waals surface area contributed by atoms with Gasteiger partial charge in [-0.2, -0.15) is 0 Å². The number of carbonyl (C=O) groups is 1. The number of carbonyl (C=O) groups excluding carboxylic acids is 1. The van der Waals surface area contributed by atoms with Crippen LogP contribution in [-0.2, 0) is 9.53 Å². The molecule has 0 aromatic carbocycles. The SMILES string of the molecule is CCOC(=O)[C@@H](Nc1cc(Cl)ncn1)C(C)C. The van der Waals surface area contributed by atoms with E-state index in [9.17, 15) is 4.79 Å². The molecule has 1 heterocycles. The molecule has 0 spiro atoms. The molecule has 94 valence electrons. The molecule has 0 amide bonds. The van der Waals surface area contributed by atoms with Gasteiger partial charge in [-0.3, -0.25) is 0 Å². The molecule has 0 radical (unpaired) electrons. The van der Waals surface area contributed by atoms with Crippen LogP contribution in [0.1, 0.15) is 20.8 Å². The zero-order chi connectivity index (χ0) is 12.8. The molecule has 0 bridgehead atoms. The van der Waals surface area contributed by atoms with E-state index in [1.54, 1.807) is 13.0 Å². The van der Waals surface area contributed by atoms with Gasteiger partial charge in [-0.15, -0.1) is 0 Å². The Morgan fingerprint density at radius 1 is 1.53 bits per heavy atom. The van der Waals surface area contributed by atoms with Gasteiger partial charge >= 0.3 is 5.97 Å². The fourth-order valence-corrected chi connectivity index (χ4v) is 1.45. The molecule has 1 aromatic rings. The van der Waals surface area contributed by atoms with E-state index in [1.165, 1.54) is 6.33 Å². The predicted molar refractivity (Wildman–Crippen MR) is 65.9 cm³/mol. The molecule has 5 nitrogen and oxygen atoms in total. The fraction of sp³-hybridized carbons (Fsp3) is 0.545. The highest BCUT2D eigenvalue weighted by molar-refractivity contribution is 6.29. The van der Waals surface area contributed by atoms with E-state index < -0.39 is 6.04 Å². The summed E-state index contributed by atoms with van der Waals surface area (Å²) in [6.07, 6.45) is 1.34. The van der Waals surface area contributed by atoms with Crippen molar-refractivity contribution < 1.29 is 9.53 Å². The largest absolute Gasteiger partial charge is 0.464 e. The van der Waals surface area contributed by atoms with Crippen LogP contribution >= 0.6 is 11.6 Å². The first-order valence-electron chi connectivity index (χ1n) is 5.45. The molecule has 0 aliphatic carbocycles. The Balaban J connectivity index is 2.76. The number of nitrogens with zero attached hydrogens (tertiary/aromatic N) is 2. The van der Waals surface area contributed by atoms with Crippen molar-refractivity contribution in [1.29, 1.82) is 0 Å². The Labute approximate surface area is 106 Å². The Bertz CT molecular complexity index is 385. The number of ether oxygens (including phenoxy) is 1. The van der Waals surface area contributed by atoms with Gasteiger partial charge in [-0.25, -0.2) is 14.8 Å². The van der Waals surface area contributed by atoms with Crippen molar-refractivity contribution in [3.05, 3.63) is 17.5 Å². The molecule has 0 saturated heterocycles. The number of halogens is 1. The normalized spacial score (nSPS) is 12.3. The van der Waals surface area contributed by atoms with E-state index in [0.717, 1.165) is 0 Å². The van der Waals surface area contributed by atoms with Crippen molar-refractivity contribution in [2.75, 3.05) is 11.9 Å². The first kappa shape index (κ1) is 13.7. The first-order valence-corrected chi connectivity index (χ1v) is 5.83. The van der Waals surface area contributed by atoms with Crippen molar-refractivity contribution >= 4 is 23.4 Å². The predicted octanol–water partition coefficient (Wildman–Crippen LogP) is 2.13. The van der Waals surface area contributed by atoms with Gasteiger partial charge in [-0.05, 0) is 12.8 Å². The lowest BCUT2D eigenvalue weighted by atomic mass is 10.0. The molecular weight excluding hydrogens is 242 g/mol. The second-order valence-electron chi connectivity index (χ2n) is 3.84. The molecule has 0 fully saturated rings. The molecule has 1 N–H and O–H groups in total. The monoisotopic (exact) mass is 257 g/mol. The summed E-state index contributed by atoms with van der Waals surface area (Å²) in [5.74, 6) is 0.303. The molecule has 0 unspecified atom stereocenters. The molecule has 1 aromatic heterocycles. The van der Waals surface area contributed by atoms with Crippen molar-refractivity contribution in [3.63, 3.8) is 0 Å². The Kier molecular flexibility index (Phi) is 5.15.